The van der Waals surface area contributed by atoms with Gasteiger partial charge < -0.3 is 0 Å². The Morgan fingerprint density at radius 2 is 2.50 bits per heavy atom. The topological polar surface area (TPSA) is 49.3 Å². The molecule has 1 unspecified atom stereocenters. The van der Waals surface area contributed by atoms with Crippen molar-refractivity contribution in [3.63, 3.8) is 0 Å². The van der Waals surface area contributed by atoms with Crippen LogP contribution in [0.3, 0.4) is 0 Å². The van der Waals surface area contributed by atoms with Crippen LogP contribution in [0.5, 0.6) is 0 Å². The summed E-state index contributed by atoms with van der Waals surface area (Å²) in [5, 5.41) is 0. The van der Waals surface area contributed by atoms with E-state index in [1.54, 1.807) is 0 Å². The van der Waals surface area contributed by atoms with Gasteiger partial charge in [-0.2, -0.15) is 0 Å². The van der Waals surface area contributed by atoms with E-state index in [1.807, 2.05) is 0 Å². The molecule has 0 spiro atoms. The Hall–Kier alpha value is 0.900. The van der Waals surface area contributed by atoms with E-state index in [2.05, 4.69) is 18.9 Å². The van der Waals surface area contributed by atoms with Gasteiger partial charge in [0, 0.05) is 25.2 Å². The molecule has 2 N–H and O–H groups in total. The van der Waals surface area contributed by atoms with E-state index in [-0.39, 0.29) is 0 Å². The maximum Gasteiger partial charge on any atom is 0.242 e. The molecular weight excluding hydrogens is 190 g/mol. The van der Waals surface area contributed by atoms with Gasteiger partial charge in [0.15, 0.2) is 0 Å². The fourth-order valence-electron chi connectivity index (χ4n) is 0.0269. The van der Waals surface area contributed by atoms with Crippen LogP contribution in [0.15, 0.2) is 0 Å². The second-order valence-corrected chi connectivity index (χ2v) is 2.70. The summed E-state index contributed by atoms with van der Waals surface area (Å²) < 4.78 is 19.5. The number of halogens is 1. The molecule has 0 radical (unpaired) electrons. The van der Waals surface area contributed by atoms with E-state index in [0.29, 0.717) is 0 Å². The lowest BCUT2D eigenvalue weighted by atomic mass is 13.9. The quantitative estimate of drug-likeness (QED) is 0.499. The molecule has 6 heteroatoms. The summed E-state index contributed by atoms with van der Waals surface area (Å²) in [6.45, 7) is 0. The molecule has 6 heavy (non-hydrogen) atoms. The predicted molar refractivity (Wildman–Crippen MR) is 30.4 cm³/mol. The standard InChI is InChI=1S/BrH2NO2S2/c1-5-2-6(3)4/h2H,(H,3,4). The van der Waals surface area contributed by atoms with E-state index in [9.17, 15) is 4.21 Å². The third kappa shape index (κ3) is 4.90. The number of hydrogen-bond donors (Lipinski definition) is 2. The number of hydrogen-bond acceptors (Lipinski definition) is 2. The average Bonchev–Trinajstić information content (AvgIpc) is 1.35. The van der Waals surface area contributed by atoms with Crippen molar-refractivity contribution in [1.29, 1.82) is 0 Å². The highest BCUT2D eigenvalue weighted by Crippen LogP contribution is 2.01. The first-order valence-corrected chi connectivity index (χ1v) is 4.68. The molecule has 0 heterocycles. The zero-order valence-electron chi connectivity index (χ0n) is 2.55. The molecule has 0 bridgehead atoms. The Morgan fingerprint density at radius 1 is 2.00 bits per heavy atom. The maximum atomic E-state index is 9.55. The molecule has 38 valence electrons. The Kier molecular flexibility index (Phi) is 4.68. The summed E-state index contributed by atoms with van der Waals surface area (Å²) in [5.74, 6) is 0. The summed E-state index contributed by atoms with van der Waals surface area (Å²) >= 11 is 0.903. The van der Waals surface area contributed by atoms with Crippen molar-refractivity contribution < 1.29 is 8.76 Å². The van der Waals surface area contributed by atoms with E-state index in [4.69, 9.17) is 4.55 Å². The molecule has 0 aromatic heterocycles. The third-order valence-electron chi connectivity index (χ3n) is 0.103. The molecule has 0 fully saturated rings. The highest BCUT2D eigenvalue weighted by molar-refractivity contribution is 9.50. The normalized spacial score (nSPS) is 14.3. The Morgan fingerprint density at radius 3 is 2.50 bits per heavy atom. The molecule has 0 aliphatic heterocycles. The van der Waals surface area contributed by atoms with E-state index < -0.39 is 11.3 Å². The molecular formula is H2BrNO2S2. The van der Waals surface area contributed by atoms with Crippen molar-refractivity contribution >= 4 is 36.5 Å². The van der Waals surface area contributed by atoms with E-state index in [0.717, 1.165) is 10.4 Å². The molecule has 0 aliphatic rings. The second kappa shape index (κ2) is 4.07. The molecule has 0 aromatic rings. The van der Waals surface area contributed by atoms with Gasteiger partial charge in [-0.05, 0) is 0 Å². The zero-order chi connectivity index (χ0) is 4.99. The highest BCUT2D eigenvalue weighted by Gasteiger charge is 1.82. The van der Waals surface area contributed by atoms with E-state index >= 15 is 0 Å². The summed E-state index contributed by atoms with van der Waals surface area (Å²) in [7, 11) is 0.922. The van der Waals surface area contributed by atoms with Crippen molar-refractivity contribution in [1.82, 2.24) is 4.13 Å². The van der Waals surface area contributed by atoms with Crippen molar-refractivity contribution in [2.45, 2.75) is 0 Å². The minimum atomic E-state index is -1.90. The number of nitrogens with one attached hydrogen (secondary N) is 1. The predicted octanol–water partition coefficient (Wildman–Crippen LogP) is 0.671. The smallest absolute Gasteiger partial charge is 0.242 e. The number of rotatable bonds is 2. The van der Waals surface area contributed by atoms with Crippen LogP contribution in [-0.2, 0) is 11.3 Å². The third-order valence-corrected chi connectivity index (χ3v) is 2.11. The first-order chi connectivity index (χ1) is 2.77. The van der Waals surface area contributed by atoms with Crippen molar-refractivity contribution in [3.05, 3.63) is 0 Å². The Bertz CT molecular complexity index is 55.5. The van der Waals surface area contributed by atoms with Gasteiger partial charge in [0.1, 0.15) is 0 Å². The van der Waals surface area contributed by atoms with Crippen LogP contribution in [0, 0.1) is 0 Å². The van der Waals surface area contributed by atoms with Crippen molar-refractivity contribution in [2.24, 2.45) is 0 Å². The minimum Gasteiger partial charge on any atom is -0.293 e. The van der Waals surface area contributed by atoms with Gasteiger partial charge in [-0.3, -0.25) is 4.55 Å². The molecule has 3 nitrogen and oxygen atoms in total. The van der Waals surface area contributed by atoms with Gasteiger partial charge in [0.05, 0.1) is 0 Å². The molecule has 0 rings (SSSR count). The zero-order valence-corrected chi connectivity index (χ0v) is 5.77. The van der Waals surface area contributed by atoms with Gasteiger partial charge in [-0.15, -0.1) is 4.13 Å². The lowest BCUT2D eigenvalue weighted by molar-refractivity contribution is 0.563. The first kappa shape index (κ1) is 6.90. The average molecular weight is 192 g/mol. The fourth-order valence-corrected chi connectivity index (χ4v) is 1.26. The fraction of sp³-hybridized carbons (Fsp3) is 0. The molecule has 0 aromatic carbocycles. The van der Waals surface area contributed by atoms with Gasteiger partial charge in [-0.25, -0.2) is 4.21 Å². The van der Waals surface area contributed by atoms with E-state index in [1.165, 1.54) is 0 Å². The van der Waals surface area contributed by atoms with Crippen LogP contribution >= 0.6 is 25.2 Å². The highest BCUT2D eigenvalue weighted by atomic mass is 79.9. The molecule has 0 aliphatic carbocycles. The largest absolute Gasteiger partial charge is 0.293 e. The molecule has 0 amide bonds. The van der Waals surface area contributed by atoms with Crippen LogP contribution in [-0.4, -0.2) is 8.76 Å². The minimum absolute atomic E-state index is 0.922. The van der Waals surface area contributed by atoms with Gasteiger partial charge in [-0.1, -0.05) is 0 Å². The van der Waals surface area contributed by atoms with Gasteiger partial charge >= 0.3 is 0 Å². The summed E-state index contributed by atoms with van der Waals surface area (Å²) in [5.41, 5.74) is 0. The molecule has 0 saturated heterocycles. The summed E-state index contributed by atoms with van der Waals surface area (Å²) in [6.07, 6.45) is 0. The van der Waals surface area contributed by atoms with Crippen molar-refractivity contribution in [3.8, 4) is 0 Å². The summed E-state index contributed by atoms with van der Waals surface area (Å²) in [4.78, 5) is 0. The SMILES string of the molecule is O=S(O)NSBr. The lowest BCUT2D eigenvalue weighted by Gasteiger charge is -1.82. The lowest BCUT2D eigenvalue weighted by Crippen LogP contribution is -2.02. The first-order valence-electron chi connectivity index (χ1n) is 0.912. The van der Waals surface area contributed by atoms with Crippen LogP contribution in [0.2, 0.25) is 0 Å². The van der Waals surface area contributed by atoms with Gasteiger partial charge in [0.2, 0.25) is 11.3 Å². The maximum absolute atomic E-state index is 9.55. The monoisotopic (exact) mass is 191 g/mol. The van der Waals surface area contributed by atoms with Crippen LogP contribution < -0.4 is 4.13 Å². The van der Waals surface area contributed by atoms with Crippen LogP contribution in [0.4, 0.5) is 0 Å². The van der Waals surface area contributed by atoms with Crippen LogP contribution in [0.25, 0.3) is 0 Å². The second-order valence-electron chi connectivity index (χ2n) is 0.410. The van der Waals surface area contributed by atoms with Gasteiger partial charge in [0.25, 0.3) is 0 Å². The van der Waals surface area contributed by atoms with Crippen LogP contribution in [0.1, 0.15) is 0 Å². The molecule has 0 saturated carbocycles. The van der Waals surface area contributed by atoms with Crippen molar-refractivity contribution in [2.75, 3.05) is 0 Å². The molecule has 1 atom stereocenters. The Labute approximate surface area is 49.6 Å². The Balaban J connectivity index is 2.83. The summed E-state index contributed by atoms with van der Waals surface area (Å²) in [6, 6.07) is 0.